The van der Waals surface area contributed by atoms with Gasteiger partial charge in [-0.15, -0.1) is 5.10 Å². The fourth-order valence-corrected chi connectivity index (χ4v) is 7.01. The van der Waals surface area contributed by atoms with Crippen LogP contribution in [0.1, 0.15) is 89.1 Å². The molecule has 51 heavy (non-hydrogen) atoms. The molecule has 0 radical (unpaired) electrons. The van der Waals surface area contributed by atoms with Crippen LogP contribution in [0.3, 0.4) is 0 Å². The number of aromatic nitrogens is 4. The fourth-order valence-electron chi connectivity index (χ4n) is 6.10. The predicted octanol–water partition coefficient (Wildman–Crippen LogP) is 8.40. The maximum absolute atomic E-state index is 13.2. The second-order valence-electron chi connectivity index (χ2n) is 14.9. The van der Waals surface area contributed by atoms with Crippen LogP contribution in [0.4, 0.5) is 23.8 Å². The Bertz CT molecular complexity index is 1730. The van der Waals surface area contributed by atoms with Gasteiger partial charge in [-0.05, 0) is 110 Å². The van der Waals surface area contributed by atoms with Crippen LogP contribution in [0.5, 0.6) is 5.88 Å². The van der Waals surface area contributed by atoms with Crippen molar-refractivity contribution in [1.82, 2.24) is 29.4 Å². The Kier molecular flexibility index (Phi) is 11.4. The van der Waals surface area contributed by atoms with Gasteiger partial charge in [0.2, 0.25) is 5.88 Å². The molecule has 11 nitrogen and oxygen atoms in total. The molecule has 2 fully saturated rings. The van der Waals surface area contributed by atoms with Crippen molar-refractivity contribution < 1.29 is 32.2 Å². The summed E-state index contributed by atoms with van der Waals surface area (Å²) in [4.78, 5) is 36.5. The lowest BCUT2D eigenvalue weighted by atomic mass is 9.93. The summed E-state index contributed by atoms with van der Waals surface area (Å²) in [6.07, 6.45) is -0.0737. The van der Waals surface area contributed by atoms with E-state index in [9.17, 15) is 22.8 Å². The van der Waals surface area contributed by atoms with Crippen LogP contribution < -0.4 is 14.8 Å². The van der Waals surface area contributed by atoms with Crippen LogP contribution in [0.15, 0.2) is 41.6 Å². The van der Waals surface area contributed by atoms with Gasteiger partial charge in [0.1, 0.15) is 21.6 Å². The maximum Gasteiger partial charge on any atom is 0.410 e. The second kappa shape index (κ2) is 15.1. The van der Waals surface area contributed by atoms with Crippen LogP contribution in [-0.2, 0) is 4.74 Å². The lowest BCUT2D eigenvalue weighted by Gasteiger charge is -2.33. The monoisotopic (exact) mass is 751 g/mol. The third-order valence-corrected chi connectivity index (χ3v) is 10.3. The number of rotatable bonds is 13. The van der Waals surface area contributed by atoms with Gasteiger partial charge in [-0.3, -0.25) is 9.52 Å². The highest BCUT2D eigenvalue weighted by molar-refractivity contribution is 7.98. The molecule has 0 spiro atoms. The molecule has 1 aliphatic heterocycles. The van der Waals surface area contributed by atoms with E-state index in [0.717, 1.165) is 36.8 Å². The van der Waals surface area contributed by atoms with Gasteiger partial charge < -0.3 is 19.7 Å². The summed E-state index contributed by atoms with van der Waals surface area (Å²) in [7, 11) is 0. The van der Waals surface area contributed by atoms with Crippen molar-refractivity contribution in [3.05, 3.63) is 52.8 Å². The molecule has 1 aliphatic carbocycles. The summed E-state index contributed by atoms with van der Waals surface area (Å²) < 4.78 is 54.7. The number of carbonyl (C=O) groups excluding carboxylic acids is 2. The number of carbonyl (C=O) groups is 2. The number of hydrogen-bond donors (Lipinski definition) is 2. The van der Waals surface area contributed by atoms with Gasteiger partial charge in [-0.1, -0.05) is 17.7 Å². The molecule has 0 bridgehead atoms. The fraction of sp³-hybridized carbons (Fsp3) is 0.571. The summed E-state index contributed by atoms with van der Waals surface area (Å²) in [5.41, 5.74) is -1.42. The van der Waals surface area contributed by atoms with Crippen LogP contribution in [0.2, 0.25) is 5.15 Å². The predicted molar refractivity (Wildman–Crippen MR) is 189 cm³/mol. The van der Waals surface area contributed by atoms with E-state index in [1.165, 1.54) is 16.8 Å². The minimum atomic E-state index is -4.23. The van der Waals surface area contributed by atoms with Gasteiger partial charge >= 0.3 is 12.3 Å². The highest BCUT2D eigenvalue weighted by atomic mass is 35.5. The van der Waals surface area contributed by atoms with Crippen molar-refractivity contribution in [3.8, 4) is 11.7 Å². The lowest BCUT2D eigenvalue weighted by Crippen LogP contribution is -2.45. The molecule has 5 rings (SSSR count). The molecule has 2 aliphatic rings. The number of amides is 2. The summed E-state index contributed by atoms with van der Waals surface area (Å²) in [6, 6.07) is 8.41. The largest absolute Gasteiger partial charge is 0.477 e. The third kappa shape index (κ3) is 9.79. The number of ether oxygens (including phenoxy) is 2. The molecule has 1 atom stereocenters. The first-order valence-corrected chi connectivity index (χ1v) is 18.2. The first-order chi connectivity index (χ1) is 23.9. The molecule has 1 saturated heterocycles. The van der Waals surface area contributed by atoms with E-state index in [4.69, 9.17) is 21.1 Å². The van der Waals surface area contributed by atoms with Crippen molar-refractivity contribution in [3.63, 3.8) is 0 Å². The van der Waals surface area contributed by atoms with E-state index in [0.29, 0.717) is 35.7 Å². The van der Waals surface area contributed by atoms with Crippen LogP contribution in [-0.4, -0.2) is 73.7 Å². The molecule has 3 aromatic heterocycles. The number of pyridine rings is 2. The number of nitrogens with zero attached hydrogens (tertiary/aromatic N) is 5. The van der Waals surface area contributed by atoms with Crippen molar-refractivity contribution in [2.24, 2.45) is 11.3 Å². The highest BCUT2D eigenvalue weighted by Crippen LogP contribution is 2.59. The van der Waals surface area contributed by atoms with E-state index in [2.05, 4.69) is 39.0 Å². The standard InChI is InChI=1S/C35H45ClF3N7O4S/c1-22-9-11-25(40-17-7-8-23-20-33(5,6)45(21-23)31(48)50-32(2,3)4)41-30(22)51-44-29(47)24-10-12-26(42-28(24)36)46-18-13-27(43-46)49-19-16-34(14-15-34)35(37,38)39/h9-13,18,23H,7-8,14-17,19-21H2,1-6H3,(H,40,41)(H,44,47). The molecule has 16 heteroatoms. The number of halogens is 4. The zero-order chi connectivity index (χ0) is 37.2. The smallest absolute Gasteiger partial charge is 0.410 e. The minimum absolute atomic E-state index is 0.0515. The highest BCUT2D eigenvalue weighted by Gasteiger charge is 2.62. The van der Waals surface area contributed by atoms with Crippen LogP contribution >= 0.6 is 23.5 Å². The Labute approximate surface area is 305 Å². The Morgan fingerprint density at radius 1 is 1.10 bits per heavy atom. The quantitative estimate of drug-likeness (QED) is 0.101. The summed E-state index contributed by atoms with van der Waals surface area (Å²) in [5, 5.41) is 8.15. The van der Waals surface area contributed by atoms with Gasteiger partial charge in [0, 0.05) is 42.8 Å². The number of likely N-dealkylation sites (tertiary alicyclic amines) is 1. The molecule has 0 aromatic carbocycles. The molecular weight excluding hydrogens is 707 g/mol. The Hall–Kier alpha value is -3.72. The molecule has 1 unspecified atom stereocenters. The summed E-state index contributed by atoms with van der Waals surface area (Å²) in [5.74, 6) is 1.06. The van der Waals surface area contributed by atoms with Crippen LogP contribution in [0.25, 0.3) is 5.82 Å². The number of nitrogens with one attached hydrogen (secondary N) is 2. The molecule has 1 saturated carbocycles. The van der Waals surface area contributed by atoms with Crippen molar-refractivity contribution in [2.45, 2.75) is 102 Å². The maximum atomic E-state index is 13.2. The number of hydrogen-bond acceptors (Lipinski definition) is 9. The number of alkyl halides is 3. The van der Waals surface area contributed by atoms with Gasteiger partial charge in [0.15, 0.2) is 5.82 Å². The molecule has 4 heterocycles. The Morgan fingerprint density at radius 2 is 1.84 bits per heavy atom. The zero-order valence-electron chi connectivity index (χ0n) is 29.7. The average molecular weight is 752 g/mol. The minimum Gasteiger partial charge on any atom is -0.477 e. The third-order valence-electron chi connectivity index (χ3n) is 9.12. The van der Waals surface area contributed by atoms with Crippen LogP contribution in [0, 0.1) is 18.3 Å². The molecular formula is C35H45ClF3N7O4S. The van der Waals surface area contributed by atoms with Crippen molar-refractivity contribution >= 4 is 41.4 Å². The van der Waals surface area contributed by atoms with Crippen molar-refractivity contribution in [2.75, 3.05) is 25.0 Å². The number of anilines is 1. The Morgan fingerprint density at radius 3 is 2.51 bits per heavy atom. The Balaban J connectivity index is 1.08. The SMILES string of the molecule is Cc1ccc(NCCCC2CN(C(=O)OC(C)(C)C)C(C)(C)C2)nc1SNC(=O)c1ccc(-n2ccc(OCCC3(C(F)(F)F)CC3)n2)nc1Cl. The van der Waals surface area contributed by atoms with E-state index in [-0.39, 0.29) is 54.1 Å². The first-order valence-electron chi connectivity index (χ1n) is 17.0. The summed E-state index contributed by atoms with van der Waals surface area (Å²) in [6.45, 7) is 12.9. The van der Waals surface area contributed by atoms with Crippen molar-refractivity contribution in [1.29, 1.82) is 0 Å². The number of aryl methyl sites for hydroxylation is 1. The molecule has 3 aromatic rings. The second-order valence-corrected chi connectivity index (χ2v) is 16.0. The molecule has 2 N–H and O–H groups in total. The first kappa shape index (κ1) is 38.5. The van der Waals surface area contributed by atoms with E-state index < -0.39 is 23.1 Å². The zero-order valence-corrected chi connectivity index (χ0v) is 31.3. The summed E-state index contributed by atoms with van der Waals surface area (Å²) >= 11 is 7.44. The van der Waals surface area contributed by atoms with E-state index in [1.807, 2.05) is 44.7 Å². The van der Waals surface area contributed by atoms with Gasteiger partial charge in [-0.2, -0.15) is 13.2 Å². The molecule has 2 amide bonds. The molecule has 278 valence electrons. The van der Waals surface area contributed by atoms with E-state index in [1.54, 1.807) is 12.3 Å². The van der Waals surface area contributed by atoms with Gasteiger partial charge in [-0.25, -0.2) is 19.4 Å². The average Bonchev–Trinajstić information content (AvgIpc) is 3.58. The normalized spacial score (nSPS) is 18.0. The van der Waals surface area contributed by atoms with Gasteiger partial charge in [0.05, 0.1) is 17.6 Å². The van der Waals surface area contributed by atoms with E-state index >= 15 is 0 Å². The topological polar surface area (TPSA) is 124 Å². The lowest BCUT2D eigenvalue weighted by molar-refractivity contribution is -0.190. The van der Waals surface area contributed by atoms with Gasteiger partial charge in [0.25, 0.3) is 5.91 Å².